The summed E-state index contributed by atoms with van der Waals surface area (Å²) in [6.07, 6.45) is 0. The molecule has 1 aliphatic rings. The molecule has 8 nitrogen and oxygen atoms in total. The summed E-state index contributed by atoms with van der Waals surface area (Å²) < 4.78 is 21.5. The molecular formula is C28H26ClFN4O4S2. The minimum absolute atomic E-state index is 0.108. The van der Waals surface area contributed by atoms with Crippen molar-refractivity contribution in [3.8, 4) is 27.5 Å². The fourth-order valence-electron chi connectivity index (χ4n) is 4.49. The van der Waals surface area contributed by atoms with Gasteiger partial charge in [0.05, 0.1) is 39.4 Å². The Balaban J connectivity index is 1.63. The number of carbonyl (C=O) groups is 2. The number of nitrogens with zero attached hydrogens (tertiary/aromatic N) is 4. The van der Waals surface area contributed by atoms with E-state index in [2.05, 4.69) is 5.10 Å². The number of aryl methyl sites for hydroxylation is 1. The van der Waals surface area contributed by atoms with E-state index < -0.39 is 11.8 Å². The standard InChI is InChI=1S/C28H26ClFN4O4S2/c1-15(2)39-27-23(18-7-8-21(29)20(14-18)25(35)33-9-11-38-12-10-33)31-28(40-27)34-24(26(36)37)22(16(3)32-34)17-5-4-6-19(30)13-17/h4-8,13-15H,9-12H2,1-3H3,(H,36,37). The van der Waals surface area contributed by atoms with Crippen LogP contribution in [0, 0.1) is 12.7 Å². The van der Waals surface area contributed by atoms with Gasteiger partial charge in [0.25, 0.3) is 5.91 Å². The van der Waals surface area contributed by atoms with Crippen molar-refractivity contribution < 1.29 is 23.8 Å². The summed E-state index contributed by atoms with van der Waals surface area (Å²) in [6.45, 7) is 7.70. The van der Waals surface area contributed by atoms with Gasteiger partial charge in [-0.1, -0.05) is 55.0 Å². The van der Waals surface area contributed by atoms with E-state index in [1.54, 1.807) is 47.9 Å². The van der Waals surface area contributed by atoms with Crippen LogP contribution in [0.3, 0.4) is 0 Å². The summed E-state index contributed by atoms with van der Waals surface area (Å²) in [7, 11) is 0. The average molecular weight is 601 g/mol. The van der Waals surface area contributed by atoms with E-state index in [9.17, 15) is 19.1 Å². The van der Waals surface area contributed by atoms with Gasteiger partial charge >= 0.3 is 5.97 Å². The van der Waals surface area contributed by atoms with E-state index in [0.29, 0.717) is 70.1 Å². The van der Waals surface area contributed by atoms with Gasteiger partial charge in [0.2, 0.25) is 5.13 Å². The number of benzene rings is 2. The monoisotopic (exact) mass is 600 g/mol. The Morgan fingerprint density at radius 2 is 1.90 bits per heavy atom. The van der Waals surface area contributed by atoms with Gasteiger partial charge in [-0.3, -0.25) is 4.79 Å². The van der Waals surface area contributed by atoms with Gasteiger partial charge in [0.1, 0.15) is 5.82 Å². The second kappa shape index (κ2) is 11.7. The van der Waals surface area contributed by atoms with Gasteiger partial charge in [0, 0.05) is 29.5 Å². The van der Waals surface area contributed by atoms with E-state index >= 15 is 0 Å². The van der Waals surface area contributed by atoms with Crippen LogP contribution in [0.2, 0.25) is 5.02 Å². The van der Waals surface area contributed by atoms with Crippen LogP contribution in [0.15, 0.2) is 46.7 Å². The number of thioether (sulfide) groups is 1. The Morgan fingerprint density at radius 3 is 2.58 bits per heavy atom. The first-order valence-corrected chi connectivity index (χ1v) is 14.6. The smallest absolute Gasteiger partial charge is 0.355 e. The van der Waals surface area contributed by atoms with Crippen LogP contribution in [0.4, 0.5) is 4.39 Å². The molecule has 2 aromatic carbocycles. The number of morpholine rings is 1. The number of hydrogen-bond donors (Lipinski definition) is 1. The van der Waals surface area contributed by atoms with Gasteiger partial charge in [0.15, 0.2) is 5.69 Å². The summed E-state index contributed by atoms with van der Waals surface area (Å²) in [4.78, 5) is 32.3. The van der Waals surface area contributed by atoms with Crippen LogP contribution in [0.5, 0.6) is 0 Å². The number of aromatic nitrogens is 3. The van der Waals surface area contributed by atoms with Crippen LogP contribution < -0.4 is 0 Å². The normalized spacial score (nSPS) is 13.7. The maximum absolute atomic E-state index is 14.0. The van der Waals surface area contributed by atoms with Crippen LogP contribution >= 0.6 is 34.7 Å². The molecule has 0 saturated carbocycles. The minimum Gasteiger partial charge on any atom is -0.476 e. The maximum Gasteiger partial charge on any atom is 0.355 e. The molecule has 0 bridgehead atoms. The van der Waals surface area contributed by atoms with Gasteiger partial charge in [-0.05, 0) is 36.8 Å². The van der Waals surface area contributed by atoms with Crippen molar-refractivity contribution >= 4 is 46.6 Å². The van der Waals surface area contributed by atoms with Crippen molar-refractivity contribution in [3.63, 3.8) is 0 Å². The third kappa shape index (κ3) is 5.64. The SMILES string of the molecule is Cc1nn(-c2nc(-c3ccc(Cl)c(C(=O)N4CCOCC4)c3)c(SC(C)C)s2)c(C(=O)O)c1-c1cccc(F)c1. The van der Waals surface area contributed by atoms with Crippen molar-refractivity contribution in [1.29, 1.82) is 0 Å². The molecule has 1 amide bonds. The number of hydrogen-bond acceptors (Lipinski definition) is 7. The lowest BCUT2D eigenvalue weighted by Crippen LogP contribution is -2.40. The van der Waals surface area contributed by atoms with E-state index in [1.807, 2.05) is 13.8 Å². The number of amides is 1. The predicted octanol–water partition coefficient (Wildman–Crippen LogP) is 6.43. The Labute approximate surface area is 243 Å². The molecule has 4 aromatic rings. The molecule has 0 unspecified atom stereocenters. The highest BCUT2D eigenvalue weighted by atomic mass is 35.5. The number of carboxylic acids is 1. The summed E-state index contributed by atoms with van der Waals surface area (Å²) >= 11 is 9.34. The molecule has 12 heteroatoms. The lowest BCUT2D eigenvalue weighted by atomic mass is 10.0. The minimum atomic E-state index is -1.21. The average Bonchev–Trinajstić information content (AvgIpc) is 3.49. The number of ether oxygens (including phenoxy) is 1. The van der Waals surface area contributed by atoms with Gasteiger partial charge in [-0.2, -0.15) is 9.78 Å². The molecule has 1 fully saturated rings. The van der Waals surface area contributed by atoms with Crippen LogP contribution in [0.25, 0.3) is 27.5 Å². The van der Waals surface area contributed by atoms with Gasteiger partial charge in [-0.15, -0.1) is 11.8 Å². The molecule has 0 atom stereocenters. The number of carbonyl (C=O) groups excluding carboxylic acids is 1. The van der Waals surface area contributed by atoms with Crippen LogP contribution in [-0.2, 0) is 4.74 Å². The second-order valence-corrected chi connectivity index (χ2v) is 12.7. The Hall–Kier alpha value is -3.25. The topological polar surface area (TPSA) is 97.5 Å². The van der Waals surface area contributed by atoms with Crippen molar-refractivity contribution in [2.24, 2.45) is 0 Å². The van der Waals surface area contributed by atoms with E-state index in [-0.39, 0.29) is 16.9 Å². The number of thiazole rings is 1. The van der Waals surface area contributed by atoms with Crippen molar-refractivity contribution in [1.82, 2.24) is 19.7 Å². The van der Waals surface area contributed by atoms with Crippen molar-refractivity contribution in [2.75, 3.05) is 26.3 Å². The van der Waals surface area contributed by atoms with E-state index in [0.717, 1.165) is 4.21 Å². The summed E-state index contributed by atoms with van der Waals surface area (Å²) in [5.41, 5.74) is 2.71. The highest BCUT2D eigenvalue weighted by Crippen LogP contribution is 2.41. The van der Waals surface area contributed by atoms with Crippen LogP contribution in [-0.4, -0.2) is 68.2 Å². The van der Waals surface area contributed by atoms with Gasteiger partial charge in [-0.25, -0.2) is 14.2 Å². The lowest BCUT2D eigenvalue weighted by molar-refractivity contribution is 0.0303. The third-order valence-electron chi connectivity index (χ3n) is 6.25. The second-order valence-electron chi connectivity index (χ2n) is 9.43. The van der Waals surface area contributed by atoms with E-state index in [1.165, 1.54) is 34.2 Å². The number of halogens is 2. The molecule has 2 aromatic heterocycles. The highest BCUT2D eigenvalue weighted by molar-refractivity contribution is 8.01. The third-order valence-corrected chi connectivity index (χ3v) is 8.83. The zero-order valence-corrected chi connectivity index (χ0v) is 24.4. The number of carboxylic acid groups (broad SMARTS) is 1. The number of aromatic carboxylic acids is 1. The largest absolute Gasteiger partial charge is 0.476 e. The molecule has 5 rings (SSSR count). The Kier molecular flexibility index (Phi) is 8.27. The highest BCUT2D eigenvalue weighted by Gasteiger charge is 2.28. The first kappa shape index (κ1) is 28.3. The van der Waals surface area contributed by atoms with Gasteiger partial charge < -0.3 is 14.7 Å². The molecule has 208 valence electrons. The fraction of sp³-hybridized carbons (Fsp3) is 0.286. The zero-order valence-electron chi connectivity index (χ0n) is 22.0. The van der Waals surface area contributed by atoms with Crippen molar-refractivity contribution in [3.05, 3.63) is 70.3 Å². The molecule has 1 aliphatic heterocycles. The summed E-state index contributed by atoms with van der Waals surface area (Å²) in [5.74, 6) is -1.86. The molecule has 1 N–H and O–H groups in total. The first-order valence-electron chi connectivity index (χ1n) is 12.6. The quantitative estimate of drug-likeness (QED) is 0.244. The molecule has 0 aliphatic carbocycles. The molecule has 1 saturated heterocycles. The van der Waals surface area contributed by atoms with Crippen molar-refractivity contribution in [2.45, 2.75) is 30.2 Å². The molecular weight excluding hydrogens is 575 g/mol. The molecule has 3 heterocycles. The van der Waals surface area contributed by atoms with E-state index in [4.69, 9.17) is 21.3 Å². The maximum atomic E-state index is 14.0. The molecule has 0 radical (unpaired) electrons. The summed E-state index contributed by atoms with van der Waals surface area (Å²) in [5, 5.41) is 15.6. The lowest BCUT2D eigenvalue weighted by Gasteiger charge is -2.27. The van der Waals surface area contributed by atoms with Crippen LogP contribution in [0.1, 0.15) is 40.4 Å². The first-order chi connectivity index (χ1) is 19.1. The number of rotatable bonds is 7. The summed E-state index contributed by atoms with van der Waals surface area (Å²) in [6, 6.07) is 11.0. The predicted molar refractivity (Wildman–Crippen MR) is 154 cm³/mol. The zero-order chi connectivity index (χ0) is 28.6. The molecule has 0 spiro atoms. The fourth-order valence-corrected chi connectivity index (χ4v) is 7.16. The Morgan fingerprint density at radius 1 is 1.15 bits per heavy atom. The molecule has 40 heavy (non-hydrogen) atoms. The Bertz CT molecular complexity index is 1600.